The number of allylic oxidation sites excluding steroid dienone is 1. The monoisotopic (exact) mass is 314 g/mol. The van der Waals surface area contributed by atoms with Crippen LogP contribution in [0.25, 0.3) is 0 Å². The lowest BCUT2D eigenvalue weighted by Crippen LogP contribution is -2.17. The fraction of sp³-hybridized carbons (Fsp3) is 0.846. The molecular formula is C13H25Cl3Si. The van der Waals surface area contributed by atoms with Crippen LogP contribution in [-0.2, 0) is 0 Å². The number of hydrogen-bond donors (Lipinski definition) is 0. The van der Waals surface area contributed by atoms with Crippen LogP contribution in [-0.4, -0.2) is 6.00 Å². The lowest BCUT2D eigenvalue weighted by molar-refractivity contribution is 0.566. The Labute approximate surface area is 122 Å². The molecule has 0 N–H and O–H groups in total. The van der Waals surface area contributed by atoms with E-state index in [2.05, 4.69) is 13.5 Å². The largest absolute Gasteiger partial charge is 0.347 e. The van der Waals surface area contributed by atoms with E-state index in [1.54, 1.807) is 0 Å². The maximum absolute atomic E-state index is 6.00. The molecule has 1 unspecified atom stereocenters. The Balaban J connectivity index is 3.41. The van der Waals surface area contributed by atoms with Crippen LogP contribution < -0.4 is 0 Å². The Morgan fingerprint density at radius 2 is 1.41 bits per heavy atom. The summed E-state index contributed by atoms with van der Waals surface area (Å²) < 4.78 is 0. The minimum Gasteiger partial charge on any atom is -0.125 e. The van der Waals surface area contributed by atoms with Crippen molar-refractivity contribution in [3.63, 3.8) is 0 Å². The van der Waals surface area contributed by atoms with Crippen molar-refractivity contribution in [2.45, 2.75) is 70.3 Å². The molecule has 0 heterocycles. The topological polar surface area (TPSA) is 0 Å². The van der Waals surface area contributed by atoms with E-state index in [1.807, 2.05) is 6.08 Å². The molecular weight excluding hydrogens is 291 g/mol. The van der Waals surface area contributed by atoms with E-state index in [0.717, 1.165) is 12.8 Å². The minimum atomic E-state index is -2.57. The van der Waals surface area contributed by atoms with Crippen molar-refractivity contribution in [3.8, 4) is 0 Å². The van der Waals surface area contributed by atoms with Crippen molar-refractivity contribution < 1.29 is 0 Å². The summed E-state index contributed by atoms with van der Waals surface area (Å²) >= 11 is 18.0. The molecule has 0 aromatic carbocycles. The Morgan fingerprint density at radius 3 is 1.82 bits per heavy atom. The summed E-state index contributed by atoms with van der Waals surface area (Å²) in [7, 11) is 0. The number of halogens is 3. The summed E-state index contributed by atoms with van der Waals surface area (Å²) in [5.74, 6) is 0. The predicted octanol–water partition coefficient (Wildman–Crippen LogP) is 6.73. The Hall–Kier alpha value is 0.827. The van der Waals surface area contributed by atoms with E-state index in [-0.39, 0.29) is 5.54 Å². The SMILES string of the molecule is C=CC(CCCCCCCCCC)[Si](Cl)(Cl)Cl. The van der Waals surface area contributed by atoms with Crippen molar-refractivity contribution in [3.05, 3.63) is 12.7 Å². The summed E-state index contributed by atoms with van der Waals surface area (Å²) in [6.07, 6.45) is 13.3. The van der Waals surface area contributed by atoms with Crippen LogP contribution in [0.5, 0.6) is 0 Å². The van der Waals surface area contributed by atoms with Crippen molar-refractivity contribution in [1.29, 1.82) is 0 Å². The second-order valence-corrected chi connectivity index (χ2v) is 13.6. The Bertz CT molecular complexity index is 190. The Kier molecular flexibility index (Phi) is 11.2. The van der Waals surface area contributed by atoms with Crippen LogP contribution in [0.4, 0.5) is 0 Å². The number of unbranched alkanes of at least 4 members (excludes halogenated alkanes) is 7. The number of hydrogen-bond acceptors (Lipinski definition) is 0. The molecule has 0 nitrogen and oxygen atoms in total. The van der Waals surface area contributed by atoms with Gasteiger partial charge in [0.2, 0.25) is 0 Å². The summed E-state index contributed by atoms with van der Waals surface area (Å²) in [5, 5.41) is 0. The zero-order valence-corrected chi connectivity index (χ0v) is 14.1. The van der Waals surface area contributed by atoms with Crippen LogP contribution in [0.1, 0.15) is 64.7 Å². The summed E-state index contributed by atoms with van der Waals surface area (Å²) in [5.41, 5.74) is 0.118. The normalized spacial score (nSPS) is 13.6. The molecule has 0 aromatic heterocycles. The maximum atomic E-state index is 6.00. The highest BCUT2D eigenvalue weighted by atomic mass is 35.8. The first-order chi connectivity index (χ1) is 8.02. The first-order valence-corrected chi connectivity index (χ1v) is 11.8. The van der Waals surface area contributed by atoms with Gasteiger partial charge in [-0.1, -0.05) is 64.4 Å². The van der Waals surface area contributed by atoms with E-state index in [0.29, 0.717) is 0 Å². The summed E-state index contributed by atoms with van der Waals surface area (Å²) in [6.45, 7) is 6.00. The molecule has 0 aliphatic carbocycles. The van der Waals surface area contributed by atoms with Crippen molar-refractivity contribution >= 4 is 39.2 Å². The zero-order chi connectivity index (χ0) is 13.1. The molecule has 0 aliphatic rings. The number of rotatable bonds is 11. The average Bonchev–Trinajstić information content (AvgIpc) is 2.25. The van der Waals surface area contributed by atoms with Gasteiger partial charge in [0.25, 0.3) is 0 Å². The first kappa shape index (κ1) is 17.8. The highest BCUT2D eigenvalue weighted by Gasteiger charge is 2.33. The van der Waals surface area contributed by atoms with Gasteiger partial charge >= 0.3 is 6.00 Å². The first-order valence-electron chi connectivity index (χ1n) is 6.71. The van der Waals surface area contributed by atoms with Crippen molar-refractivity contribution in [2.75, 3.05) is 0 Å². The Morgan fingerprint density at radius 1 is 0.941 bits per heavy atom. The van der Waals surface area contributed by atoms with Gasteiger partial charge in [-0.15, -0.1) is 39.8 Å². The molecule has 0 radical (unpaired) electrons. The third-order valence-electron chi connectivity index (χ3n) is 3.07. The van der Waals surface area contributed by atoms with Gasteiger partial charge in [0.1, 0.15) is 0 Å². The lowest BCUT2D eigenvalue weighted by atomic mass is 10.1. The maximum Gasteiger partial charge on any atom is 0.347 e. The molecule has 0 rings (SSSR count). The van der Waals surface area contributed by atoms with Gasteiger partial charge in [0.15, 0.2) is 0 Å². The van der Waals surface area contributed by atoms with E-state index in [1.165, 1.54) is 44.9 Å². The quantitative estimate of drug-likeness (QED) is 0.172. The molecule has 0 aliphatic heterocycles. The van der Waals surface area contributed by atoms with Gasteiger partial charge in [0.05, 0.1) is 0 Å². The van der Waals surface area contributed by atoms with E-state index < -0.39 is 6.00 Å². The molecule has 0 fully saturated rings. The standard InChI is InChI=1S/C13H25Cl3Si/c1-3-5-6-7-8-9-10-11-12-13(4-2)17(14,15)16/h4,13H,2-3,5-12H2,1H3. The molecule has 1 atom stereocenters. The zero-order valence-electron chi connectivity index (χ0n) is 10.9. The second kappa shape index (κ2) is 10.7. The van der Waals surface area contributed by atoms with Gasteiger partial charge in [-0.2, -0.15) is 0 Å². The van der Waals surface area contributed by atoms with Gasteiger partial charge in [-0.05, 0) is 6.42 Å². The molecule has 0 aromatic rings. The fourth-order valence-corrected chi connectivity index (χ4v) is 4.50. The van der Waals surface area contributed by atoms with Gasteiger partial charge in [-0.3, -0.25) is 0 Å². The molecule has 4 heteroatoms. The van der Waals surface area contributed by atoms with Crippen LogP contribution in [0.15, 0.2) is 12.7 Å². The predicted molar refractivity (Wildman–Crippen MR) is 84.5 cm³/mol. The summed E-state index contributed by atoms with van der Waals surface area (Å²) in [4.78, 5) is 0. The molecule has 0 saturated carbocycles. The van der Waals surface area contributed by atoms with Crippen molar-refractivity contribution in [1.82, 2.24) is 0 Å². The highest BCUT2D eigenvalue weighted by molar-refractivity contribution is 7.65. The van der Waals surface area contributed by atoms with E-state index in [9.17, 15) is 0 Å². The van der Waals surface area contributed by atoms with Gasteiger partial charge < -0.3 is 0 Å². The van der Waals surface area contributed by atoms with E-state index >= 15 is 0 Å². The van der Waals surface area contributed by atoms with Crippen molar-refractivity contribution in [2.24, 2.45) is 0 Å². The molecule has 0 bridgehead atoms. The molecule has 102 valence electrons. The summed E-state index contributed by atoms with van der Waals surface area (Å²) in [6, 6.07) is -2.57. The highest BCUT2D eigenvalue weighted by Crippen LogP contribution is 2.38. The van der Waals surface area contributed by atoms with Gasteiger partial charge in [-0.25, -0.2) is 0 Å². The third kappa shape index (κ3) is 10.4. The van der Waals surface area contributed by atoms with Crippen LogP contribution in [0.3, 0.4) is 0 Å². The van der Waals surface area contributed by atoms with Crippen LogP contribution in [0.2, 0.25) is 5.54 Å². The smallest absolute Gasteiger partial charge is 0.125 e. The second-order valence-electron chi connectivity index (χ2n) is 4.65. The lowest BCUT2D eigenvalue weighted by Gasteiger charge is -2.17. The molecule has 0 amide bonds. The molecule has 17 heavy (non-hydrogen) atoms. The van der Waals surface area contributed by atoms with Crippen LogP contribution in [0, 0.1) is 0 Å². The van der Waals surface area contributed by atoms with E-state index in [4.69, 9.17) is 33.2 Å². The fourth-order valence-electron chi connectivity index (χ4n) is 1.91. The average molecular weight is 316 g/mol. The van der Waals surface area contributed by atoms with Gasteiger partial charge in [0, 0.05) is 5.54 Å². The molecule has 0 saturated heterocycles. The minimum absolute atomic E-state index is 0.118. The van der Waals surface area contributed by atoms with Crippen LogP contribution >= 0.6 is 33.2 Å². The molecule has 0 spiro atoms. The third-order valence-corrected chi connectivity index (χ3v) is 6.96.